The lowest BCUT2D eigenvalue weighted by molar-refractivity contribution is 0.712. The first-order valence-corrected chi connectivity index (χ1v) is 8.19. The highest BCUT2D eigenvalue weighted by molar-refractivity contribution is 7.09. The number of rotatable bonds is 5. The monoisotopic (exact) mass is 300 g/mol. The molecule has 0 saturated heterocycles. The summed E-state index contributed by atoms with van der Waals surface area (Å²) in [6.07, 6.45) is 2.05. The van der Waals surface area contributed by atoms with E-state index in [0.29, 0.717) is 6.04 Å². The first-order chi connectivity index (χ1) is 10.3. The molecule has 1 aliphatic rings. The molecule has 0 fully saturated rings. The summed E-state index contributed by atoms with van der Waals surface area (Å²) in [5, 5.41) is 9.92. The van der Waals surface area contributed by atoms with Crippen LogP contribution in [-0.4, -0.2) is 23.5 Å². The Morgan fingerprint density at radius 1 is 1.29 bits per heavy atom. The number of guanidine groups is 1. The molecule has 0 aliphatic carbocycles. The van der Waals surface area contributed by atoms with Crippen LogP contribution in [0.2, 0.25) is 0 Å². The van der Waals surface area contributed by atoms with E-state index in [2.05, 4.69) is 63.2 Å². The molecule has 1 aromatic carbocycles. The van der Waals surface area contributed by atoms with E-state index in [4.69, 9.17) is 0 Å². The molecule has 110 valence electrons. The van der Waals surface area contributed by atoms with E-state index in [1.165, 1.54) is 10.6 Å². The molecule has 1 atom stereocenters. The minimum atomic E-state index is 0.435. The van der Waals surface area contributed by atoms with E-state index in [9.17, 15) is 0 Å². The molecular weight excluding hydrogens is 280 g/mol. The lowest BCUT2D eigenvalue weighted by Gasteiger charge is -2.06. The maximum absolute atomic E-state index is 4.68. The van der Waals surface area contributed by atoms with Crippen molar-refractivity contribution in [1.82, 2.24) is 15.6 Å². The highest BCUT2D eigenvalue weighted by Crippen LogP contribution is 2.13. The molecule has 2 heterocycles. The van der Waals surface area contributed by atoms with Gasteiger partial charge in [-0.2, -0.15) is 0 Å². The van der Waals surface area contributed by atoms with Gasteiger partial charge in [0, 0.05) is 17.8 Å². The van der Waals surface area contributed by atoms with Crippen molar-refractivity contribution in [2.45, 2.75) is 32.4 Å². The van der Waals surface area contributed by atoms with Crippen LogP contribution < -0.4 is 10.6 Å². The minimum absolute atomic E-state index is 0.435. The molecule has 3 rings (SSSR count). The van der Waals surface area contributed by atoms with Crippen LogP contribution in [0.1, 0.15) is 23.2 Å². The summed E-state index contributed by atoms with van der Waals surface area (Å²) < 4.78 is 0. The van der Waals surface area contributed by atoms with E-state index in [-0.39, 0.29) is 0 Å². The fourth-order valence-electron chi connectivity index (χ4n) is 2.27. The average Bonchev–Trinajstić information content (AvgIpc) is 3.13. The number of hydrogen-bond donors (Lipinski definition) is 2. The Balaban J connectivity index is 1.47. The van der Waals surface area contributed by atoms with Crippen molar-refractivity contribution in [3.63, 3.8) is 0 Å². The van der Waals surface area contributed by atoms with Gasteiger partial charge in [0.05, 0.1) is 23.8 Å². The molecule has 5 heteroatoms. The third kappa shape index (κ3) is 4.04. The Bertz CT molecular complexity index is 606. The van der Waals surface area contributed by atoms with Gasteiger partial charge in [-0.1, -0.05) is 30.3 Å². The Morgan fingerprint density at radius 3 is 2.90 bits per heavy atom. The van der Waals surface area contributed by atoms with Crippen molar-refractivity contribution in [2.75, 3.05) is 6.54 Å². The summed E-state index contributed by atoms with van der Waals surface area (Å²) in [5.74, 6) is 0.890. The highest BCUT2D eigenvalue weighted by Gasteiger charge is 2.12. The topological polar surface area (TPSA) is 49.3 Å². The highest BCUT2D eigenvalue weighted by atomic mass is 32.1. The molecule has 1 aromatic heterocycles. The standard InChI is InChI=1S/C16H20N4S/c1-12-9-17-16(19-12)18-10-14-11-21-15(20-14)8-7-13-5-3-2-4-6-13/h2-6,11-12H,7-10H2,1H3,(H2,17,18,19). The molecule has 21 heavy (non-hydrogen) atoms. The fourth-order valence-corrected chi connectivity index (χ4v) is 3.07. The van der Waals surface area contributed by atoms with Gasteiger partial charge in [-0.25, -0.2) is 4.98 Å². The summed E-state index contributed by atoms with van der Waals surface area (Å²) in [4.78, 5) is 9.06. The van der Waals surface area contributed by atoms with Gasteiger partial charge in [0.25, 0.3) is 0 Å². The number of nitrogens with zero attached hydrogens (tertiary/aromatic N) is 2. The predicted octanol–water partition coefficient (Wildman–Crippen LogP) is 2.37. The molecule has 0 spiro atoms. The zero-order chi connectivity index (χ0) is 14.5. The molecule has 0 bridgehead atoms. The normalized spacial score (nSPS) is 17.4. The molecule has 2 N–H and O–H groups in total. The molecule has 4 nitrogen and oxygen atoms in total. The van der Waals surface area contributed by atoms with Crippen molar-refractivity contribution in [3.8, 4) is 0 Å². The van der Waals surface area contributed by atoms with Crippen molar-refractivity contribution in [3.05, 3.63) is 52.0 Å². The maximum Gasteiger partial charge on any atom is 0.191 e. The predicted molar refractivity (Wildman–Crippen MR) is 87.7 cm³/mol. The third-order valence-electron chi connectivity index (χ3n) is 3.41. The summed E-state index contributed by atoms with van der Waals surface area (Å²) in [6.45, 7) is 3.71. The van der Waals surface area contributed by atoms with Crippen LogP contribution in [-0.2, 0) is 19.4 Å². The van der Waals surface area contributed by atoms with Crippen molar-refractivity contribution in [1.29, 1.82) is 0 Å². The Morgan fingerprint density at radius 2 is 2.14 bits per heavy atom. The average molecular weight is 300 g/mol. The minimum Gasteiger partial charge on any atom is -0.352 e. The van der Waals surface area contributed by atoms with Gasteiger partial charge in [-0.3, -0.25) is 4.99 Å². The lowest BCUT2D eigenvalue weighted by atomic mass is 10.1. The summed E-state index contributed by atoms with van der Waals surface area (Å²) in [6, 6.07) is 11.0. The maximum atomic E-state index is 4.68. The summed E-state index contributed by atoms with van der Waals surface area (Å²) in [5.41, 5.74) is 2.46. The van der Waals surface area contributed by atoms with E-state index in [0.717, 1.165) is 37.6 Å². The number of nitrogens with one attached hydrogen (secondary N) is 2. The van der Waals surface area contributed by atoms with Crippen LogP contribution in [0.4, 0.5) is 0 Å². The number of aromatic nitrogens is 1. The first-order valence-electron chi connectivity index (χ1n) is 7.31. The molecule has 0 saturated carbocycles. The van der Waals surface area contributed by atoms with Gasteiger partial charge in [-0.05, 0) is 18.9 Å². The zero-order valence-electron chi connectivity index (χ0n) is 12.2. The number of aryl methyl sites for hydroxylation is 2. The van der Waals surface area contributed by atoms with Crippen LogP contribution in [0.15, 0.2) is 40.7 Å². The van der Waals surface area contributed by atoms with Crippen molar-refractivity contribution < 1.29 is 0 Å². The van der Waals surface area contributed by atoms with Crippen molar-refractivity contribution in [2.24, 2.45) is 4.99 Å². The third-order valence-corrected chi connectivity index (χ3v) is 4.37. The van der Waals surface area contributed by atoms with E-state index >= 15 is 0 Å². The smallest absolute Gasteiger partial charge is 0.191 e. The SMILES string of the molecule is CC1CN=C(NCc2csc(CCc3ccccc3)n2)N1. The zero-order valence-corrected chi connectivity index (χ0v) is 13.0. The Labute approximate surface area is 129 Å². The van der Waals surface area contributed by atoms with E-state index < -0.39 is 0 Å². The van der Waals surface area contributed by atoms with Crippen LogP contribution in [0.5, 0.6) is 0 Å². The van der Waals surface area contributed by atoms with Gasteiger partial charge < -0.3 is 10.6 Å². The first kappa shape index (κ1) is 14.1. The molecule has 1 aliphatic heterocycles. The van der Waals surface area contributed by atoms with Gasteiger partial charge in [-0.15, -0.1) is 11.3 Å². The number of aliphatic imine (C=N–C) groups is 1. The van der Waals surface area contributed by atoms with E-state index in [1.807, 2.05) is 0 Å². The Kier molecular flexibility index (Phi) is 4.50. The fraction of sp³-hybridized carbons (Fsp3) is 0.375. The molecule has 0 radical (unpaired) electrons. The Hall–Kier alpha value is -1.88. The van der Waals surface area contributed by atoms with Crippen LogP contribution in [0.25, 0.3) is 0 Å². The summed E-state index contributed by atoms with van der Waals surface area (Å²) >= 11 is 1.74. The van der Waals surface area contributed by atoms with Gasteiger partial charge >= 0.3 is 0 Å². The quantitative estimate of drug-likeness (QED) is 0.891. The van der Waals surface area contributed by atoms with E-state index in [1.54, 1.807) is 11.3 Å². The van der Waals surface area contributed by atoms with Crippen molar-refractivity contribution >= 4 is 17.3 Å². The van der Waals surface area contributed by atoms with Gasteiger partial charge in [0.2, 0.25) is 0 Å². The van der Waals surface area contributed by atoms with Crippen LogP contribution >= 0.6 is 11.3 Å². The molecule has 1 unspecified atom stereocenters. The number of benzene rings is 1. The summed E-state index contributed by atoms with van der Waals surface area (Å²) in [7, 11) is 0. The second kappa shape index (κ2) is 6.72. The van der Waals surface area contributed by atoms with Crippen LogP contribution in [0, 0.1) is 0 Å². The second-order valence-electron chi connectivity index (χ2n) is 5.31. The van der Waals surface area contributed by atoms with Crippen LogP contribution in [0.3, 0.4) is 0 Å². The molecule has 2 aromatic rings. The number of thiazole rings is 1. The molecule has 0 amide bonds. The number of hydrogen-bond acceptors (Lipinski definition) is 5. The van der Waals surface area contributed by atoms with Gasteiger partial charge in [0.1, 0.15) is 0 Å². The second-order valence-corrected chi connectivity index (χ2v) is 6.25. The lowest BCUT2D eigenvalue weighted by Crippen LogP contribution is -2.37. The largest absolute Gasteiger partial charge is 0.352 e. The van der Waals surface area contributed by atoms with Gasteiger partial charge in [0.15, 0.2) is 5.96 Å². The molecular formula is C16H20N4S.